The number of piperidine rings is 1. The van der Waals surface area contributed by atoms with Crippen LogP contribution < -0.4 is 0 Å². The first kappa shape index (κ1) is 12.0. The summed E-state index contributed by atoms with van der Waals surface area (Å²) < 4.78 is 5.37. The number of methoxy groups -OCH3 is 1. The molecule has 2 saturated carbocycles. The van der Waals surface area contributed by atoms with E-state index in [1.807, 2.05) is 7.11 Å². The monoisotopic (exact) mass is 237 g/mol. The van der Waals surface area contributed by atoms with Crippen molar-refractivity contribution >= 4 is 0 Å². The van der Waals surface area contributed by atoms with Gasteiger partial charge in [0.2, 0.25) is 0 Å². The Kier molecular flexibility index (Phi) is 2.99. The Bertz CT molecular complexity index is 269. The lowest BCUT2D eigenvalue weighted by atomic mass is 9.58. The molecule has 0 atom stereocenters. The van der Waals surface area contributed by atoms with Crippen molar-refractivity contribution in [2.24, 2.45) is 16.7 Å². The van der Waals surface area contributed by atoms with Gasteiger partial charge in [-0.3, -0.25) is 0 Å². The lowest BCUT2D eigenvalue weighted by Gasteiger charge is -2.52. The van der Waals surface area contributed by atoms with E-state index in [2.05, 4.69) is 11.8 Å². The molecule has 0 aromatic heterocycles. The van der Waals surface area contributed by atoms with Crippen LogP contribution in [0.1, 0.15) is 45.4 Å². The zero-order chi connectivity index (χ0) is 11.9. The van der Waals surface area contributed by atoms with Crippen LogP contribution in [0.3, 0.4) is 0 Å². The molecule has 1 spiro atoms. The smallest absolute Gasteiger partial charge is 0.0530 e. The fraction of sp³-hybridized carbons (Fsp3) is 1.00. The highest BCUT2D eigenvalue weighted by Crippen LogP contribution is 2.53. The van der Waals surface area contributed by atoms with E-state index in [0.717, 1.165) is 17.9 Å². The van der Waals surface area contributed by atoms with E-state index < -0.39 is 0 Å². The molecule has 0 N–H and O–H groups in total. The Morgan fingerprint density at radius 2 is 1.76 bits per heavy atom. The van der Waals surface area contributed by atoms with Gasteiger partial charge < -0.3 is 9.64 Å². The van der Waals surface area contributed by atoms with E-state index in [9.17, 15) is 0 Å². The number of nitrogens with zero attached hydrogens (tertiary/aromatic N) is 1. The number of hydrogen-bond acceptors (Lipinski definition) is 2. The van der Waals surface area contributed by atoms with E-state index in [1.165, 1.54) is 58.2 Å². The molecule has 0 aromatic rings. The lowest BCUT2D eigenvalue weighted by Crippen LogP contribution is -2.48. The summed E-state index contributed by atoms with van der Waals surface area (Å²) in [5.74, 6) is 1.00. The molecule has 0 radical (unpaired) electrons. The van der Waals surface area contributed by atoms with Crippen molar-refractivity contribution in [1.29, 1.82) is 0 Å². The van der Waals surface area contributed by atoms with E-state index in [-0.39, 0.29) is 0 Å². The van der Waals surface area contributed by atoms with Gasteiger partial charge in [0.25, 0.3) is 0 Å². The summed E-state index contributed by atoms with van der Waals surface area (Å²) >= 11 is 0. The molecule has 0 amide bonds. The maximum absolute atomic E-state index is 5.37. The Hall–Kier alpha value is -0.0800. The first-order valence-electron chi connectivity index (χ1n) is 7.37. The predicted molar refractivity (Wildman–Crippen MR) is 70.0 cm³/mol. The molecule has 2 aliphatic carbocycles. The summed E-state index contributed by atoms with van der Waals surface area (Å²) in [6, 6.07) is 0. The maximum Gasteiger partial charge on any atom is 0.0530 e. The largest absolute Gasteiger partial charge is 0.384 e. The van der Waals surface area contributed by atoms with Gasteiger partial charge in [0.15, 0.2) is 0 Å². The zero-order valence-corrected chi connectivity index (χ0v) is 11.5. The molecule has 3 fully saturated rings. The van der Waals surface area contributed by atoms with E-state index in [0.29, 0.717) is 5.41 Å². The highest BCUT2D eigenvalue weighted by atomic mass is 16.5. The highest BCUT2D eigenvalue weighted by Gasteiger charge is 2.47. The van der Waals surface area contributed by atoms with Gasteiger partial charge in [0.1, 0.15) is 0 Å². The summed E-state index contributed by atoms with van der Waals surface area (Å²) in [6.07, 6.45) is 8.70. The summed E-state index contributed by atoms with van der Waals surface area (Å²) in [6.45, 7) is 7.38. The Morgan fingerprint density at radius 1 is 1.12 bits per heavy atom. The van der Waals surface area contributed by atoms with Gasteiger partial charge in [-0.05, 0) is 62.9 Å². The lowest BCUT2D eigenvalue weighted by molar-refractivity contribution is -0.0148. The van der Waals surface area contributed by atoms with Crippen LogP contribution in [0.5, 0.6) is 0 Å². The van der Waals surface area contributed by atoms with Crippen molar-refractivity contribution < 1.29 is 4.74 Å². The van der Waals surface area contributed by atoms with Crippen molar-refractivity contribution in [3.63, 3.8) is 0 Å². The van der Waals surface area contributed by atoms with Crippen LogP contribution in [0.4, 0.5) is 0 Å². The standard InChI is InChI=1S/C15H27NO/c1-13-9-14(10-13)5-7-16(8-6-14)11-15(3-4-15)12-17-2/h13H,3-12H2,1-2H3. The second kappa shape index (κ2) is 4.24. The topological polar surface area (TPSA) is 12.5 Å². The minimum atomic E-state index is 0.548. The molecule has 0 aromatic carbocycles. The predicted octanol–water partition coefficient (Wildman–Crippen LogP) is 2.93. The average Bonchev–Trinajstić information content (AvgIpc) is 3.00. The van der Waals surface area contributed by atoms with Crippen molar-refractivity contribution in [3.8, 4) is 0 Å². The quantitative estimate of drug-likeness (QED) is 0.745. The fourth-order valence-corrected chi connectivity index (χ4v) is 4.32. The molecule has 0 bridgehead atoms. The molecule has 3 aliphatic rings. The van der Waals surface area contributed by atoms with Gasteiger partial charge >= 0.3 is 0 Å². The Labute approximate surface area is 106 Å². The van der Waals surface area contributed by atoms with Crippen LogP contribution in [0.15, 0.2) is 0 Å². The van der Waals surface area contributed by atoms with Gasteiger partial charge in [0, 0.05) is 19.1 Å². The van der Waals surface area contributed by atoms with Gasteiger partial charge in [-0.2, -0.15) is 0 Å². The fourth-order valence-electron chi connectivity index (χ4n) is 4.32. The first-order valence-corrected chi connectivity index (χ1v) is 7.37. The van der Waals surface area contributed by atoms with Crippen LogP contribution in [0, 0.1) is 16.7 Å². The zero-order valence-electron chi connectivity index (χ0n) is 11.5. The molecule has 2 nitrogen and oxygen atoms in total. The minimum Gasteiger partial charge on any atom is -0.384 e. The minimum absolute atomic E-state index is 0.548. The number of likely N-dealkylation sites (tertiary alicyclic amines) is 1. The van der Waals surface area contributed by atoms with E-state index in [1.54, 1.807) is 0 Å². The molecule has 17 heavy (non-hydrogen) atoms. The van der Waals surface area contributed by atoms with Crippen LogP contribution in [-0.2, 0) is 4.74 Å². The van der Waals surface area contributed by atoms with E-state index >= 15 is 0 Å². The van der Waals surface area contributed by atoms with Crippen molar-refractivity contribution in [1.82, 2.24) is 4.90 Å². The van der Waals surface area contributed by atoms with Crippen LogP contribution >= 0.6 is 0 Å². The molecule has 98 valence electrons. The second-order valence-corrected chi connectivity index (χ2v) is 7.22. The third-order valence-electron chi connectivity index (χ3n) is 5.45. The molecule has 1 heterocycles. The number of hydrogen-bond donors (Lipinski definition) is 0. The van der Waals surface area contributed by atoms with Crippen LogP contribution in [0.2, 0.25) is 0 Å². The van der Waals surface area contributed by atoms with Crippen molar-refractivity contribution in [2.45, 2.75) is 45.4 Å². The van der Waals surface area contributed by atoms with Crippen LogP contribution in [0.25, 0.3) is 0 Å². The number of rotatable bonds is 4. The van der Waals surface area contributed by atoms with Gasteiger partial charge in [-0.15, -0.1) is 0 Å². The van der Waals surface area contributed by atoms with Crippen molar-refractivity contribution in [2.75, 3.05) is 33.4 Å². The van der Waals surface area contributed by atoms with E-state index in [4.69, 9.17) is 4.74 Å². The molecule has 3 rings (SSSR count). The Morgan fingerprint density at radius 3 is 2.24 bits per heavy atom. The van der Waals surface area contributed by atoms with Crippen molar-refractivity contribution in [3.05, 3.63) is 0 Å². The molecule has 1 aliphatic heterocycles. The van der Waals surface area contributed by atoms with Gasteiger partial charge in [-0.25, -0.2) is 0 Å². The third kappa shape index (κ3) is 2.39. The SMILES string of the molecule is COCC1(CN2CCC3(CC2)CC(C)C3)CC1. The highest BCUT2D eigenvalue weighted by molar-refractivity contribution is 4.99. The van der Waals surface area contributed by atoms with Crippen LogP contribution in [-0.4, -0.2) is 38.3 Å². The van der Waals surface area contributed by atoms with Gasteiger partial charge in [0.05, 0.1) is 6.61 Å². The number of ether oxygens (including phenoxy) is 1. The molecule has 2 heteroatoms. The third-order valence-corrected chi connectivity index (χ3v) is 5.45. The molecule has 1 saturated heterocycles. The van der Waals surface area contributed by atoms with Gasteiger partial charge in [-0.1, -0.05) is 6.92 Å². The summed E-state index contributed by atoms with van der Waals surface area (Å²) in [5, 5.41) is 0. The summed E-state index contributed by atoms with van der Waals surface area (Å²) in [4.78, 5) is 2.71. The second-order valence-electron chi connectivity index (χ2n) is 7.22. The molecular weight excluding hydrogens is 210 g/mol. The molecule has 0 unspecified atom stereocenters. The summed E-state index contributed by atoms with van der Waals surface area (Å²) in [7, 11) is 1.85. The average molecular weight is 237 g/mol. The Balaban J connectivity index is 1.46. The summed E-state index contributed by atoms with van der Waals surface area (Å²) in [5.41, 5.74) is 1.32. The first-order chi connectivity index (χ1) is 8.15. The molecular formula is C15H27NO. The maximum atomic E-state index is 5.37. The normalized spacial score (nSPS) is 31.4.